The number of nitrogens with two attached hydrogens (primary N) is 2. The van der Waals surface area contributed by atoms with E-state index in [-0.39, 0.29) is 6.04 Å². The Bertz CT molecular complexity index is 201. The first-order chi connectivity index (χ1) is 6.52. The van der Waals surface area contributed by atoms with Gasteiger partial charge in [0.2, 0.25) is 5.91 Å². The van der Waals surface area contributed by atoms with Crippen LogP contribution >= 0.6 is 0 Å². The molecule has 1 saturated heterocycles. The van der Waals surface area contributed by atoms with Crippen LogP contribution in [-0.2, 0) is 4.79 Å². The molecule has 0 radical (unpaired) electrons. The van der Waals surface area contributed by atoms with Crippen molar-refractivity contribution in [1.29, 1.82) is 0 Å². The van der Waals surface area contributed by atoms with Crippen LogP contribution in [0.3, 0.4) is 0 Å². The SMILES string of the molecule is CC(C(N)C(N)=O)N1CCN(C)CC1. The van der Waals surface area contributed by atoms with Gasteiger partial charge in [0.1, 0.15) is 0 Å². The fourth-order valence-corrected chi connectivity index (χ4v) is 1.69. The van der Waals surface area contributed by atoms with Crippen LogP contribution in [0, 0.1) is 0 Å². The summed E-state index contributed by atoms with van der Waals surface area (Å²) in [5.41, 5.74) is 10.9. The minimum atomic E-state index is -0.557. The number of likely N-dealkylation sites (N-methyl/N-ethyl adjacent to an activating group) is 1. The van der Waals surface area contributed by atoms with Crippen LogP contribution in [0.1, 0.15) is 6.92 Å². The average Bonchev–Trinajstić information content (AvgIpc) is 2.16. The normalized spacial score (nSPS) is 24.5. The van der Waals surface area contributed by atoms with Crippen molar-refractivity contribution < 1.29 is 4.79 Å². The van der Waals surface area contributed by atoms with Crippen molar-refractivity contribution in [3.8, 4) is 0 Å². The molecule has 1 aliphatic rings. The lowest BCUT2D eigenvalue weighted by atomic mass is 10.1. The number of amides is 1. The van der Waals surface area contributed by atoms with Gasteiger partial charge in [-0.15, -0.1) is 0 Å². The van der Waals surface area contributed by atoms with E-state index in [9.17, 15) is 4.79 Å². The number of carbonyl (C=O) groups excluding carboxylic acids is 1. The summed E-state index contributed by atoms with van der Waals surface area (Å²) in [6.07, 6.45) is 0. The number of carbonyl (C=O) groups is 1. The van der Waals surface area contributed by atoms with Gasteiger partial charge in [-0.05, 0) is 14.0 Å². The molecule has 14 heavy (non-hydrogen) atoms. The van der Waals surface area contributed by atoms with Gasteiger partial charge in [0.05, 0.1) is 6.04 Å². The second-order valence-electron chi connectivity index (χ2n) is 4.01. The maximum absolute atomic E-state index is 10.9. The number of primary amides is 1. The van der Waals surface area contributed by atoms with E-state index in [1.54, 1.807) is 0 Å². The molecule has 1 heterocycles. The van der Waals surface area contributed by atoms with Crippen LogP contribution in [0.5, 0.6) is 0 Å². The van der Waals surface area contributed by atoms with E-state index >= 15 is 0 Å². The van der Waals surface area contributed by atoms with Crippen LogP contribution in [-0.4, -0.2) is 61.0 Å². The second kappa shape index (κ2) is 4.72. The van der Waals surface area contributed by atoms with E-state index in [4.69, 9.17) is 11.5 Å². The number of rotatable bonds is 3. The number of hydrogen-bond donors (Lipinski definition) is 2. The number of piperazine rings is 1. The van der Waals surface area contributed by atoms with Gasteiger partial charge in [0.25, 0.3) is 0 Å². The summed E-state index contributed by atoms with van der Waals surface area (Å²) in [5.74, 6) is -0.420. The fraction of sp³-hybridized carbons (Fsp3) is 0.889. The summed E-state index contributed by atoms with van der Waals surface area (Å²) in [5, 5.41) is 0. The van der Waals surface area contributed by atoms with Crippen LogP contribution in [0.15, 0.2) is 0 Å². The molecular formula is C9H20N4O. The lowest BCUT2D eigenvalue weighted by Crippen LogP contribution is -2.57. The molecule has 0 aromatic heterocycles. The van der Waals surface area contributed by atoms with E-state index in [0.29, 0.717) is 0 Å². The summed E-state index contributed by atoms with van der Waals surface area (Å²) in [6, 6.07) is -0.514. The predicted molar refractivity (Wildman–Crippen MR) is 55.7 cm³/mol. The first-order valence-electron chi connectivity index (χ1n) is 5.00. The van der Waals surface area contributed by atoms with Crippen LogP contribution < -0.4 is 11.5 Å². The van der Waals surface area contributed by atoms with Crippen molar-refractivity contribution in [2.24, 2.45) is 11.5 Å². The molecule has 2 unspecified atom stereocenters. The molecule has 1 rings (SSSR count). The minimum absolute atomic E-state index is 0.0428. The van der Waals surface area contributed by atoms with Gasteiger partial charge >= 0.3 is 0 Å². The zero-order chi connectivity index (χ0) is 10.7. The maximum atomic E-state index is 10.9. The zero-order valence-corrected chi connectivity index (χ0v) is 8.94. The Kier molecular flexibility index (Phi) is 3.86. The molecule has 0 aromatic carbocycles. The van der Waals surface area contributed by atoms with Crippen molar-refractivity contribution in [1.82, 2.24) is 9.80 Å². The van der Waals surface area contributed by atoms with E-state index in [1.807, 2.05) is 6.92 Å². The maximum Gasteiger partial charge on any atom is 0.235 e. The number of hydrogen-bond acceptors (Lipinski definition) is 4. The molecule has 0 spiro atoms. The Morgan fingerprint density at radius 1 is 1.29 bits per heavy atom. The van der Waals surface area contributed by atoms with Crippen molar-refractivity contribution in [2.45, 2.75) is 19.0 Å². The Balaban J connectivity index is 2.45. The third-order valence-electron chi connectivity index (χ3n) is 2.96. The van der Waals surface area contributed by atoms with Gasteiger partial charge in [0, 0.05) is 32.2 Å². The molecule has 2 atom stereocenters. The highest BCUT2D eigenvalue weighted by molar-refractivity contribution is 5.80. The largest absolute Gasteiger partial charge is 0.368 e. The molecule has 1 amide bonds. The summed E-state index contributed by atoms with van der Waals surface area (Å²) in [7, 11) is 2.09. The van der Waals surface area contributed by atoms with Crippen molar-refractivity contribution in [3.63, 3.8) is 0 Å². The van der Waals surface area contributed by atoms with Gasteiger partial charge in [-0.1, -0.05) is 0 Å². The predicted octanol–water partition coefficient (Wildman–Crippen LogP) is -1.57. The molecule has 5 nitrogen and oxygen atoms in total. The highest BCUT2D eigenvalue weighted by Gasteiger charge is 2.26. The Labute approximate surface area is 85.0 Å². The van der Waals surface area contributed by atoms with Crippen LogP contribution in [0.25, 0.3) is 0 Å². The zero-order valence-electron chi connectivity index (χ0n) is 8.94. The van der Waals surface area contributed by atoms with Crippen molar-refractivity contribution in [2.75, 3.05) is 33.2 Å². The monoisotopic (exact) mass is 200 g/mol. The van der Waals surface area contributed by atoms with Gasteiger partial charge in [-0.25, -0.2) is 0 Å². The molecule has 4 N–H and O–H groups in total. The Hall–Kier alpha value is -0.650. The van der Waals surface area contributed by atoms with E-state index in [0.717, 1.165) is 26.2 Å². The third-order valence-corrected chi connectivity index (χ3v) is 2.96. The van der Waals surface area contributed by atoms with Gasteiger partial charge < -0.3 is 16.4 Å². The first kappa shape index (κ1) is 11.4. The van der Waals surface area contributed by atoms with E-state index < -0.39 is 11.9 Å². The van der Waals surface area contributed by atoms with Crippen LogP contribution in [0.2, 0.25) is 0 Å². The molecule has 0 saturated carbocycles. The summed E-state index contributed by atoms with van der Waals surface area (Å²) in [4.78, 5) is 15.4. The second-order valence-corrected chi connectivity index (χ2v) is 4.01. The van der Waals surface area contributed by atoms with Crippen molar-refractivity contribution >= 4 is 5.91 Å². The first-order valence-corrected chi connectivity index (χ1v) is 5.00. The minimum Gasteiger partial charge on any atom is -0.368 e. The summed E-state index contributed by atoms with van der Waals surface area (Å²) in [6.45, 7) is 5.92. The molecule has 0 aromatic rings. The lowest BCUT2D eigenvalue weighted by molar-refractivity contribution is -0.120. The highest BCUT2D eigenvalue weighted by Crippen LogP contribution is 2.06. The summed E-state index contributed by atoms with van der Waals surface area (Å²) < 4.78 is 0. The Morgan fingerprint density at radius 3 is 2.21 bits per heavy atom. The fourth-order valence-electron chi connectivity index (χ4n) is 1.69. The molecule has 5 heteroatoms. The molecule has 0 bridgehead atoms. The standard InChI is InChI=1S/C9H20N4O/c1-7(8(10)9(11)14)13-5-3-12(2)4-6-13/h7-8H,3-6,10H2,1-2H3,(H2,11,14). The molecule has 1 fully saturated rings. The van der Waals surface area contributed by atoms with E-state index in [1.165, 1.54) is 0 Å². The quantitative estimate of drug-likeness (QED) is 0.577. The van der Waals surface area contributed by atoms with Gasteiger partial charge in [-0.2, -0.15) is 0 Å². The topological polar surface area (TPSA) is 75.6 Å². The summed E-state index contributed by atoms with van der Waals surface area (Å²) >= 11 is 0. The lowest BCUT2D eigenvalue weighted by Gasteiger charge is -2.37. The van der Waals surface area contributed by atoms with E-state index in [2.05, 4.69) is 16.8 Å². The van der Waals surface area contributed by atoms with Crippen molar-refractivity contribution in [3.05, 3.63) is 0 Å². The molecular weight excluding hydrogens is 180 g/mol. The third kappa shape index (κ3) is 2.67. The molecule has 1 aliphatic heterocycles. The molecule has 82 valence electrons. The smallest absolute Gasteiger partial charge is 0.235 e. The highest BCUT2D eigenvalue weighted by atomic mass is 16.1. The Morgan fingerprint density at radius 2 is 1.79 bits per heavy atom. The van der Waals surface area contributed by atoms with Gasteiger partial charge in [0.15, 0.2) is 0 Å². The number of nitrogens with zero attached hydrogens (tertiary/aromatic N) is 2. The van der Waals surface area contributed by atoms with Crippen LogP contribution in [0.4, 0.5) is 0 Å². The van der Waals surface area contributed by atoms with Gasteiger partial charge in [-0.3, -0.25) is 9.69 Å². The molecule has 0 aliphatic carbocycles. The average molecular weight is 200 g/mol.